The zero-order chi connectivity index (χ0) is 14.0. The van der Waals surface area contributed by atoms with Gasteiger partial charge in [-0.2, -0.15) is 11.8 Å². The van der Waals surface area contributed by atoms with Crippen LogP contribution in [0, 0.1) is 0 Å². The highest BCUT2D eigenvalue weighted by Gasteiger charge is 2.20. The molecule has 1 unspecified atom stereocenters. The Kier molecular flexibility index (Phi) is 9.55. The lowest BCUT2D eigenvalue weighted by Crippen LogP contribution is -2.47. The number of carbonyl (C=O) groups excluding carboxylic acids is 1. The highest BCUT2D eigenvalue weighted by atomic mass is 32.2. The van der Waals surface area contributed by atoms with Crippen LogP contribution in [0.1, 0.15) is 32.6 Å². The number of carboxylic acid groups (broad SMARTS) is 1. The molecule has 18 heavy (non-hydrogen) atoms. The summed E-state index contributed by atoms with van der Waals surface area (Å²) < 4.78 is 0. The molecule has 0 aliphatic carbocycles. The first-order chi connectivity index (χ1) is 8.52. The number of urea groups is 1. The molecule has 2 N–H and O–H groups in total. The van der Waals surface area contributed by atoms with E-state index in [4.69, 9.17) is 5.11 Å². The molecule has 0 aromatic rings. The van der Waals surface area contributed by atoms with Gasteiger partial charge in [-0.1, -0.05) is 19.8 Å². The predicted octanol–water partition coefficient (Wildman–Crippen LogP) is 2.02. The Morgan fingerprint density at radius 3 is 2.56 bits per heavy atom. The first kappa shape index (κ1) is 17.1. The molecule has 0 bridgehead atoms. The van der Waals surface area contributed by atoms with Crippen molar-refractivity contribution in [1.29, 1.82) is 0 Å². The summed E-state index contributed by atoms with van der Waals surface area (Å²) >= 11 is 1.57. The summed E-state index contributed by atoms with van der Waals surface area (Å²) in [6.07, 6.45) is 5.49. The lowest BCUT2D eigenvalue weighted by molar-refractivity contribution is -0.139. The van der Waals surface area contributed by atoms with Gasteiger partial charge < -0.3 is 15.3 Å². The van der Waals surface area contributed by atoms with E-state index in [1.807, 2.05) is 6.26 Å². The Morgan fingerprint density at radius 2 is 2.06 bits per heavy atom. The molecule has 1 atom stereocenters. The third-order valence-corrected chi connectivity index (χ3v) is 3.29. The van der Waals surface area contributed by atoms with E-state index >= 15 is 0 Å². The lowest BCUT2D eigenvalue weighted by Gasteiger charge is -2.21. The lowest BCUT2D eigenvalue weighted by atomic mass is 10.2. The topological polar surface area (TPSA) is 69.6 Å². The van der Waals surface area contributed by atoms with E-state index in [-0.39, 0.29) is 6.03 Å². The van der Waals surface area contributed by atoms with E-state index < -0.39 is 12.0 Å². The van der Waals surface area contributed by atoms with Crippen LogP contribution < -0.4 is 5.32 Å². The van der Waals surface area contributed by atoms with Crippen molar-refractivity contribution in [2.75, 3.05) is 25.6 Å². The molecule has 0 aliphatic rings. The van der Waals surface area contributed by atoms with Crippen LogP contribution in [-0.4, -0.2) is 53.6 Å². The van der Waals surface area contributed by atoms with E-state index in [9.17, 15) is 9.59 Å². The van der Waals surface area contributed by atoms with E-state index in [0.717, 1.165) is 25.0 Å². The molecule has 0 heterocycles. The average Bonchev–Trinajstić information content (AvgIpc) is 2.33. The molecule has 0 radical (unpaired) electrons. The molecule has 0 saturated heterocycles. The third-order valence-electron chi connectivity index (χ3n) is 2.65. The summed E-state index contributed by atoms with van der Waals surface area (Å²) in [6, 6.07) is -1.10. The number of unbranched alkanes of at least 4 members (excludes halogenated alkanes) is 2. The second-order valence-corrected chi connectivity index (χ2v) is 5.24. The van der Waals surface area contributed by atoms with Crippen LogP contribution in [0.15, 0.2) is 0 Å². The van der Waals surface area contributed by atoms with E-state index in [2.05, 4.69) is 12.2 Å². The number of hydrogen-bond donors (Lipinski definition) is 2. The largest absolute Gasteiger partial charge is 0.480 e. The van der Waals surface area contributed by atoms with Crippen LogP contribution in [0.4, 0.5) is 4.79 Å². The SMILES string of the molecule is CCCCCN(C)C(=O)NC(CCSC)C(=O)O. The maximum absolute atomic E-state index is 11.8. The second kappa shape index (κ2) is 10.1. The van der Waals surface area contributed by atoms with Crippen molar-refractivity contribution >= 4 is 23.8 Å². The van der Waals surface area contributed by atoms with Crippen molar-refractivity contribution in [2.45, 2.75) is 38.6 Å². The maximum Gasteiger partial charge on any atom is 0.326 e. The van der Waals surface area contributed by atoms with Crippen LogP contribution in [0.5, 0.6) is 0 Å². The van der Waals surface area contributed by atoms with Crippen LogP contribution in [0.3, 0.4) is 0 Å². The standard InChI is InChI=1S/C12H24N2O3S/c1-4-5-6-8-14(2)12(17)13-10(11(15)16)7-9-18-3/h10H,4-9H2,1-3H3,(H,13,17)(H,15,16). The van der Waals surface area contributed by atoms with Gasteiger partial charge in [0.05, 0.1) is 0 Å². The first-order valence-corrected chi connectivity index (χ1v) is 7.65. The van der Waals surface area contributed by atoms with Gasteiger partial charge in [-0.25, -0.2) is 9.59 Å². The molecule has 0 saturated carbocycles. The highest BCUT2D eigenvalue weighted by Crippen LogP contribution is 2.02. The number of rotatable bonds is 9. The minimum Gasteiger partial charge on any atom is -0.480 e. The van der Waals surface area contributed by atoms with Gasteiger partial charge in [0.2, 0.25) is 0 Å². The molecule has 2 amide bonds. The van der Waals surface area contributed by atoms with Crippen molar-refractivity contribution in [2.24, 2.45) is 0 Å². The molecule has 0 aliphatic heterocycles. The van der Waals surface area contributed by atoms with Gasteiger partial charge >= 0.3 is 12.0 Å². The van der Waals surface area contributed by atoms with Gasteiger partial charge in [0.1, 0.15) is 6.04 Å². The van der Waals surface area contributed by atoms with Crippen LogP contribution in [0.25, 0.3) is 0 Å². The number of thioether (sulfide) groups is 1. The predicted molar refractivity (Wildman–Crippen MR) is 75.1 cm³/mol. The summed E-state index contributed by atoms with van der Waals surface area (Å²) in [6.45, 7) is 2.76. The number of aliphatic carboxylic acids is 1. The Bertz CT molecular complexity index is 262. The maximum atomic E-state index is 11.8. The smallest absolute Gasteiger partial charge is 0.326 e. The Morgan fingerprint density at radius 1 is 1.39 bits per heavy atom. The molecule has 0 spiro atoms. The van der Waals surface area contributed by atoms with Gasteiger partial charge in [0.15, 0.2) is 0 Å². The zero-order valence-corrected chi connectivity index (χ0v) is 12.3. The van der Waals surface area contributed by atoms with Crippen molar-refractivity contribution in [3.63, 3.8) is 0 Å². The molecule has 5 nitrogen and oxygen atoms in total. The van der Waals surface area contributed by atoms with Crippen LogP contribution in [0.2, 0.25) is 0 Å². The molecule has 0 fully saturated rings. The van der Waals surface area contributed by atoms with Crippen molar-refractivity contribution < 1.29 is 14.7 Å². The molecule has 0 rings (SSSR count). The third kappa shape index (κ3) is 7.42. The van der Waals surface area contributed by atoms with E-state index in [1.165, 1.54) is 0 Å². The fourth-order valence-corrected chi connectivity index (χ4v) is 1.92. The van der Waals surface area contributed by atoms with E-state index in [0.29, 0.717) is 13.0 Å². The minimum absolute atomic E-state index is 0.306. The quantitative estimate of drug-likeness (QED) is 0.632. The number of amides is 2. The number of hydrogen-bond acceptors (Lipinski definition) is 3. The minimum atomic E-state index is -0.973. The fraction of sp³-hybridized carbons (Fsp3) is 0.833. The molecular weight excluding hydrogens is 252 g/mol. The monoisotopic (exact) mass is 276 g/mol. The Balaban J connectivity index is 4.10. The van der Waals surface area contributed by atoms with Crippen molar-refractivity contribution in [3.8, 4) is 0 Å². The normalized spacial score (nSPS) is 11.9. The molecule has 106 valence electrons. The van der Waals surface area contributed by atoms with Gasteiger partial charge in [0.25, 0.3) is 0 Å². The summed E-state index contributed by atoms with van der Waals surface area (Å²) in [5.41, 5.74) is 0. The molecule has 0 aromatic carbocycles. The molecular formula is C12H24N2O3S. The molecule has 0 aromatic heterocycles. The average molecular weight is 276 g/mol. The number of nitrogens with one attached hydrogen (secondary N) is 1. The first-order valence-electron chi connectivity index (χ1n) is 6.26. The fourth-order valence-electron chi connectivity index (χ4n) is 1.45. The molecule has 6 heteroatoms. The van der Waals surface area contributed by atoms with Crippen LogP contribution in [-0.2, 0) is 4.79 Å². The summed E-state index contributed by atoms with van der Waals surface area (Å²) in [4.78, 5) is 24.3. The van der Waals surface area contributed by atoms with Crippen molar-refractivity contribution in [3.05, 3.63) is 0 Å². The van der Waals surface area contributed by atoms with Gasteiger partial charge in [-0.15, -0.1) is 0 Å². The van der Waals surface area contributed by atoms with Gasteiger partial charge in [-0.05, 0) is 24.9 Å². The number of carboxylic acids is 1. The second-order valence-electron chi connectivity index (χ2n) is 4.25. The summed E-state index contributed by atoms with van der Waals surface area (Å²) in [5, 5.41) is 11.6. The van der Waals surface area contributed by atoms with Gasteiger partial charge in [-0.3, -0.25) is 0 Å². The summed E-state index contributed by atoms with van der Waals surface area (Å²) in [5.74, 6) is -0.254. The Hall–Kier alpha value is -0.910. The van der Waals surface area contributed by atoms with Crippen LogP contribution >= 0.6 is 11.8 Å². The number of nitrogens with zero attached hydrogens (tertiary/aromatic N) is 1. The van der Waals surface area contributed by atoms with Gasteiger partial charge in [0, 0.05) is 13.6 Å². The highest BCUT2D eigenvalue weighted by molar-refractivity contribution is 7.98. The Labute approximate surface area is 113 Å². The summed E-state index contributed by atoms with van der Waals surface area (Å²) in [7, 11) is 1.69. The van der Waals surface area contributed by atoms with Crippen molar-refractivity contribution in [1.82, 2.24) is 10.2 Å². The van der Waals surface area contributed by atoms with E-state index in [1.54, 1.807) is 23.7 Å². The zero-order valence-electron chi connectivity index (χ0n) is 11.4. The number of carbonyl (C=O) groups is 2.